The molecule has 1 unspecified atom stereocenters. The SMILES string of the molecule is COc1c(-c2ncccn2)cc(C(C)O)cc1[N+](=O)[O-]. The van der Waals surface area contributed by atoms with E-state index in [2.05, 4.69) is 9.97 Å². The first-order chi connectivity index (χ1) is 9.54. The summed E-state index contributed by atoms with van der Waals surface area (Å²) in [6, 6.07) is 4.52. The first-order valence-corrected chi connectivity index (χ1v) is 5.86. The zero-order chi connectivity index (χ0) is 14.7. The van der Waals surface area contributed by atoms with Crippen molar-refractivity contribution in [3.05, 3.63) is 46.3 Å². The Morgan fingerprint density at radius 3 is 2.50 bits per heavy atom. The Balaban J connectivity index is 2.74. The molecule has 7 heteroatoms. The minimum Gasteiger partial charge on any atom is -0.490 e. The summed E-state index contributed by atoms with van der Waals surface area (Å²) in [7, 11) is 1.34. The molecule has 2 rings (SSSR count). The molecule has 1 aromatic carbocycles. The fourth-order valence-corrected chi connectivity index (χ4v) is 1.83. The molecule has 0 aliphatic carbocycles. The number of nitro benzene ring substituents is 1. The predicted octanol–water partition coefficient (Wildman–Crippen LogP) is 2.11. The summed E-state index contributed by atoms with van der Waals surface area (Å²) in [4.78, 5) is 18.7. The third-order valence-corrected chi connectivity index (χ3v) is 2.78. The number of aliphatic hydroxyl groups excluding tert-OH is 1. The molecule has 104 valence electrons. The van der Waals surface area contributed by atoms with Crippen LogP contribution in [-0.2, 0) is 0 Å². The van der Waals surface area contributed by atoms with Gasteiger partial charge in [0, 0.05) is 18.5 Å². The molecule has 0 saturated heterocycles. The lowest BCUT2D eigenvalue weighted by molar-refractivity contribution is -0.385. The van der Waals surface area contributed by atoms with Crippen LogP contribution < -0.4 is 4.74 Å². The summed E-state index contributed by atoms with van der Waals surface area (Å²) in [5.74, 6) is 0.376. The van der Waals surface area contributed by atoms with Crippen LogP contribution in [0.2, 0.25) is 0 Å². The molecule has 0 radical (unpaired) electrons. The molecule has 2 aromatic rings. The Morgan fingerprint density at radius 2 is 2.00 bits per heavy atom. The summed E-state index contributed by atoms with van der Waals surface area (Å²) in [5.41, 5.74) is 0.548. The molecule has 0 aliphatic rings. The van der Waals surface area contributed by atoms with Crippen molar-refractivity contribution in [1.82, 2.24) is 9.97 Å². The maximum atomic E-state index is 11.1. The van der Waals surface area contributed by atoms with Crippen LogP contribution in [-0.4, -0.2) is 27.1 Å². The number of aliphatic hydroxyl groups is 1. The van der Waals surface area contributed by atoms with E-state index in [1.165, 1.54) is 32.5 Å². The van der Waals surface area contributed by atoms with Gasteiger partial charge in [0.05, 0.1) is 23.7 Å². The fourth-order valence-electron chi connectivity index (χ4n) is 1.83. The van der Waals surface area contributed by atoms with Crippen molar-refractivity contribution in [3.63, 3.8) is 0 Å². The standard InChI is InChI=1S/C13H13N3O4/c1-8(17)9-6-10(13-14-4-3-5-15-13)12(20-2)11(7-9)16(18)19/h3-8,17H,1-2H3. The Labute approximate surface area is 115 Å². The lowest BCUT2D eigenvalue weighted by Gasteiger charge is -2.12. The molecule has 7 nitrogen and oxygen atoms in total. The van der Waals surface area contributed by atoms with Crippen molar-refractivity contribution in [2.45, 2.75) is 13.0 Å². The second-order valence-corrected chi connectivity index (χ2v) is 4.13. The number of hydrogen-bond acceptors (Lipinski definition) is 6. The van der Waals surface area contributed by atoms with Gasteiger partial charge >= 0.3 is 5.69 Å². The molecule has 1 heterocycles. The Hall–Kier alpha value is -2.54. The monoisotopic (exact) mass is 275 g/mol. The second kappa shape index (κ2) is 5.62. The first kappa shape index (κ1) is 13.9. The molecule has 0 amide bonds. The van der Waals surface area contributed by atoms with Crippen LogP contribution >= 0.6 is 0 Å². The number of benzene rings is 1. The van der Waals surface area contributed by atoms with Crippen LogP contribution in [0.25, 0.3) is 11.4 Å². The highest BCUT2D eigenvalue weighted by Gasteiger charge is 2.24. The van der Waals surface area contributed by atoms with Crippen molar-refractivity contribution in [2.75, 3.05) is 7.11 Å². The third kappa shape index (κ3) is 2.57. The molecule has 1 N–H and O–H groups in total. The van der Waals surface area contributed by atoms with E-state index in [0.29, 0.717) is 17.0 Å². The lowest BCUT2D eigenvalue weighted by Crippen LogP contribution is -2.01. The molecule has 0 saturated carbocycles. The van der Waals surface area contributed by atoms with Crippen molar-refractivity contribution >= 4 is 5.69 Å². The van der Waals surface area contributed by atoms with Crippen LogP contribution in [0.4, 0.5) is 5.69 Å². The Morgan fingerprint density at radius 1 is 1.35 bits per heavy atom. The van der Waals surface area contributed by atoms with Gasteiger partial charge in [0.15, 0.2) is 5.82 Å². The number of hydrogen-bond donors (Lipinski definition) is 1. The number of nitro groups is 1. The van der Waals surface area contributed by atoms with Gasteiger partial charge in [-0.2, -0.15) is 0 Å². The van der Waals surface area contributed by atoms with Crippen LogP contribution in [0, 0.1) is 10.1 Å². The van der Waals surface area contributed by atoms with E-state index in [1.807, 2.05) is 0 Å². The lowest BCUT2D eigenvalue weighted by atomic mass is 10.0. The van der Waals surface area contributed by atoms with Crippen molar-refractivity contribution < 1.29 is 14.8 Å². The minimum atomic E-state index is -0.845. The molecule has 0 bridgehead atoms. The van der Waals surface area contributed by atoms with Gasteiger partial charge in [0.2, 0.25) is 5.75 Å². The normalized spacial score (nSPS) is 11.9. The Bertz CT molecular complexity index is 629. The van der Waals surface area contributed by atoms with E-state index in [0.717, 1.165) is 0 Å². The average Bonchev–Trinajstić information content (AvgIpc) is 2.46. The average molecular weight is 275 g/mol. The van der Waals surface area contributed by atoms with E-state index in [4.69, 9.17) is 4.74 Å². The number of methoxy groups -OCH3 is 1. The summed E-state index contributed by atoms with van der Waals surface area (Å²) in [6.07, 6.45) is 2.22. The Kier molecular flexibility index (Phi) is 3.90. The van der Waals surface area contributed by atoms with Crippen LogP contribution in [0.3, 0.4) is 0 Å². The third-order valence-electron chi connectivity index (χ3n) is 2.78. The summed E-state index contributed by atoms with van der Waals surface area (Å²) in [5, 5.41) is 20.8. The summed E-state index contributed by atoms with van der Waals surface area (Å²) < 4.78 is 5.12. The van der Waals surface area contributed by atoms with Crippen LogP contribution in [0.1, 0.15) is 18.6 Å². The second-order valence-electron chi connectivity index (χ2n) is 4.13. The zero-order valence-electron chi connectivity index (χ0n) is 11.0. The van der Waals surface area contributed by atoms with Gasteiger partial charge in [0.1, 0.15) is 0 Å². The first-order valence-electron chi connectivity index (χ1n) is 5.86. The number of aromatic nitrogens is 2. The topological polar surface area (TPSA) is 98.4 Å². The number of ether oxygens (including phenoxy) is 1. The molecular formula is C13H13N3O4. The van der Waals surface area contributed by atoms with Gasteiger partial charge in [-0.05, 0) is 24.6 Å². The molecule has 20 heavy (non-hydrogen) atoms. The molecule has 0 aliphatic heterocycles. The van der Waals surface area contributed by atoms with Crippen LogP contribution in [0.5, 0.6) is 5.75 Å². The predicted molar refractivity (Wildman–Crippen MR) is 71.3 cm³/mol. The molecule has 1 aromatic heterocycles. The summed E-state index contributed by atoms with van der Waals surface area (Å²) >= 11 is 0. The highest BCUT2D eigenvalue weighted by molar-refractivity contribution is 5.72. The highest BCUT2D eigenvalue weighted by Crippen LogP contribution is 2.38. The zero-order valence-corrected chi connectivity index (χ0v) is 11.0. The van der Waals surface area contributed by atoms with E-state index in [9.17, 15) is 15.2 Å². The highest BCUT2D eigenvalue weighted by atomic mass is 16.6. The van der Waals surface area contributed by atoms with Gasteiger partial charge in [-0.1, -0.05) is 0 Å². The van der Waals surface area contributed by atoms with E-state index in [-0.39, 0.29) is 11.4 Å². The molecule has 0 fully saturated rings. The number of nitrogens with zero attached hydrogens (tertiary/aromatic N) is 3. The van der Waals surface area contributed by atoms with Crippen LogP contribution in [0.15, 0.2) is 30.6 Å². The maximum Gasteiger partial charge on any atom is 0.312 e. The van der Waals surface area contributed by atoms with Gasteiger partial charge in [-0.15, -0.1) is 0 Å². The van der Waals surface area contributed by atoms with Crippen molar-refractivity contribution in [3.8, 4) is 17.1 Å². The van der Waals surface area contributed by atoms with Gasteiger partial charge in [-0.3, -0.25) is 10.1 Å². The van der Waals surface area contributed by atoms with Crippen molar-refractivity contribution in [2.24, 2.45) is 0 Å². The quantitative estimate of drug-likeness (QED) is 0.677. The van der Waals surface area contributed by atoms with Gasteiger partial charge < -0.3 is 9.84 Å². The van der Waals surface area contributed by atoms with E-state index < -0.39 is 11.0 Å². The van der Waals surface area contributed by atoms with Crippen molar-refractivity contribution in [1.29, 1.82) is 0 Å². The number of rotatable bonds is 4. The largest absolute Gasteiger partial charge is 0.490 e. The maximum absolute atomic E-state index is 11.1. The van der Waals surface area contributed by atoms with E-state index in [1.54, 1.807) is 12.1 Å². The molecule has 1 atom stereocenters. The molecular weight excluding hydrogens is 262 g/mol. The summed E-state index contributed by atoms with van der Waals surface area (Å²) in [6.45, 7) is 1.53. The van der Waals surface area contributed by atoms with Gasteiger partial charge in [-0.25, -0.2) is 9.97 Å². The molecule has 0 spiro atoms. The fraction of sp³-hybridized carbons (Fsp3) is 0.231. The van der Waals surface area contributed by atoms with E-state index >= 15 is 0 Å². The van der Waals surface area contributed by atoms with Gasteiger partial charge in [0.25, 0.3) is 0 Å². The smallest absolute Gasteiger partial charge is 0.312 e. The minimum absolute atomic E-state index is 0.0746.